The first kappa shape index (κ1) is 14.1. The molecule has 0 fully saturated rings. The predicted octanol–water partition coefficient (Wildman–Crippen LogP) is 0.601. The van der Waals surface area contributed by atoms with Crippen molar-refractivity contribution >= 4 is 27.8 Å². The molecule has 1 amide bonds. The number of carbonyl (C=O) groups is 1. The molecule has 1 aromatic carbocycles. The van der Waals surface area contributed by atoms with E-state index < -0.39 is 16.8 Å². The standard InChI is InChI=1S/C10H9BrN6O3/c11-9-13-10(17(19)20)15-16(9)5-6-1-3-7(4-2-6)8(18)14-12/h1-4H,5,12H2,(H,14,18). The molecule has 0 saturated carbocycles. The number of benzene rings is 1. The average Bonchev–Trinajstić information content (AvgIpc) is 2.80. The first-order chi connectivity index (χ1) is 9.51. The van der Waals surface area contributed by atoms with Gasteiger partial charge in [0.2, 0.25) is 0 Å². The summed E-state index contributed by atoms with van der Waals surface area (Å²) >= 11 is 3.10. The van der Waals surface area contributed by atoms with Gasteiger partial charge in [0.15, 0.2) is 0 Å². The van der Waals surface area contributed by atoms with E-state index in [9.17, 15) is 14.9 Å². The normalized spacial score (nSPS) is 10.3. The van der Waals surface area contributed by atoms with Crippen LogP contribution >= 0.6 is 15.9 Å². The number of nitrogens with one attached hydrogen (secondary N) is 1. The Hall–Kier alpha value is -2.33. The maximum Gasteiger partial charge on any atom is 0.492 e. The molecule has 3 N–H and O–H groups in total. The number of halogens is 1. The van der Waals surface area contributed by atoms with Gasteiger partial charge in [0.1, 0.15) is 0 Å². The van der Waals surface area contributed by atoms with Crippen molar-refractivity contribution in [1.82, 2.24) is 20.2 Å². The molecule has 2 aromatic rings. The number of nitrogen functional groups attached to an aromatic ring is 1. The third kappa shape index (κ3) is 2.97. The number of aromatic nitrogens is 3. The molecule has 0 spiro atoms. The van der Waals surface area contributed by atoms with Crippen LogP contribution in [0.15, 0.2) is 29.0 Å². The molecule has 2 rings (SSSR count). The molecule has 10 heteroatoms. The SMILES string of the molecule is NNC(=O)c1ccc(Cn2nc([N+](=O)[O-])nc2Br)cc1. The van der Waals surface area contributed by atoms with Crippen LogP contribution in [0, 0.1) is 10.1 Å². The first-order valence-electron chi connectivity index (χ1n) is 5.36. The smallest absolute Gasteiger partial charge is 0.390 e. The molecule has 0 aliphatic carbocycles. The second kappa shape index (κ2) is 5.75. The third-order valence-electron chi connectivity index (χ3n) is 2.46. The minimum atomic E-state index is -0.671. The van der Waals surface area contributed by atoms with E-state index in [1.165, 1.54) is 4.68 Å². The van der Waals surface area contributed by atoms with Gasteiger partial charge in [-0.25, -0.2) is 5.84 Å². The predicted molar refractivity (Wildman–Crippen MR) is 71.6 cm³/mol. The summed E-state index contributed by atoms with van der Waals surface area (Å²) in [6, 6.07) is 6.59. The van der Waals surface area contributed by atoms with Gasteiger partial charge in [0, 0.05) is 26.6 Å². The summed E-state index contributed by atoms with van der Waals surface area (Å²) < 4.78 is 1.60. The Balaban J connectivity index is 2.18. The number of hydrogen-bond acceptors (Lipinski definition) is 6. The van der Waals surface area contributed by atoms with Crippen molar-refractivity contribution in [3.05, 3.63) is 50.2 Å². The summed E-state index contributed by atoms with van der Waals surface area (Å²) in [6.45, 7) is 0.284. The van der Waals surface area contributed by atoms with E-state index in [0.717, 1.165) is 5.56 Å². The van der Waals surface area contributed by atoms with E-state index in [4.69, 9.17) is 5.84 Å². The first-order valence-corrected chi connectivity index (χ1v) is 6.15. The van der Waals surface area contributed by atoms with Gasteiger partial charge in [-0.2, -0.15) is 4.68 Å². The molecular weight excluding hydrogens is 332 g/mol. The van der Waals surface area contributed by atoms with Crippen LogP contribution in [-0.4, -0.2) is 25.6 Å². The molecule has 0 atom stereocenters. The van der Waals surface area contributed by atoms with E-state index >= 15 is 0 Å². The van der Waals surface area contributed by atoms with Crippen LogP contribution in [0.25, 0.3) is 0 Å². The van der Waals surface area contributed by atoms with Crippen molar-refractivity contribution in [3.8, 4) is 0 Å². The zero-order chi connectivity index (χ0) is 14.7. The lowest BCUT2D eigenvalue weighted by Crippen LogP contribution is -2.29. The largest absolute Gasteiger partial charge is 0.492 e. The van der Waals surface area contributed by atoms with Crippen molar-refractivity contribution in [3.63, 3.8) is 0 Å². The van der Waals surface area contributed by atoms with Gasteiger partial charge in [-0.15, -0.1) is 0 Å². The maximum atomic E-state index is 11.3. The number of rotatable bonds is 4. The van der Waals surface area contributed by atoms with E-state index in [0.29, 0.717) is 5.56 Å². The van der Waals surface area contributed by atoms with Crippen molar-refractivity contribution < 1.29 is 9.72 Å². The molecule has 1 heterocycles. The Labute approximate surface area is 121 Å². The Morgan fingerprint density at radius 3 is 2.60 bits per heavy atom. The number of carbonyl (C=O) groups excluding carboxylic acids is 1. The van der Waals surface area contributed by atoms with Gasteiger partial charge in [-0.05, 0) is 27.6 Å². The molecular formula is C10H9BrN6O3. The van der Waals surface area contributed by atoms with Crippen LogP contribution in [0.4, 0.5) is 5.95 Å². The van der Waals surface area contributed by atoms with Crippen molar-refractivity contribution in [1.29, 1.82) is 0 Å². The molecule has 104 valence electrons. The number of hydrogen-bond donors (Lipinski definition) is 2. The summed E-state index contributed by atoms with van der Waals surface area (Å²) in [4.78, 5) is 24.8. The summed E-state index contributed by atoms with van der Waals surface area (Å²) in [5.41, 5.74) is 3.25. The van der Waals surface area contributed by atoms with Crippen molar-refractivity contribution in [2.45, 2.75) is 6.54 Å². The number of nitrogens with two attached hydrogens (primary N) is 1. The highest BCUT2D eigenvalue weighted by atomic mass is 79.9. The molecule has 0 unspecified atom stereocenters. The molecule has 9 nitrogen and oxygen atoms in total. The lowest BCUT2D eigenvalue weighted by atomic mass is 10.1. The summed E-state index contributed by atoms with van der Waals surface area (Å²) in [5, 5.41) is 14.3. The zero-order valence-electron chi connectivity index (χ0n) is 9.99. The number of nitro groups is 1. The monoisotopic (exact) mass is 340 g/mol. The second-order valence-electron chi connectivity index (χ2n) is 3.77. The Morgan fingerprint density at radius 2 is 2.10 bits per heavy atom. The lowest BCUT2D eigenvalue weighted by Gasteiger charge is -2.02. The molecule has 0 saturated heterocycles. The van der Waals surface area contributed by atoms with Crippen LogP contribution in [0.3, 0.4) is 0 Å². The van der Waals surface area contributed by atoms with Crippen LogP contribution in [-0.2, 0) is 6.54 Å². The average molecular weight is 341 g/mol. The zero-order valence-corrected chi connectivity index (χ0v) is 11.6. The summed E-state index contributed by atoms with van der Waals surface area (Å²) in [7, 11) is 0. The van der Waals surface area contributed by atoms with Gasteiger partial charge >= 0.3 is 5.95 Å². The number of amides is 1. The summed E-state index contributed by atoms with van der Waals surface area (Å²) in [5.74, 6) is 4.15. The van der Waals surface area contributed by atoms with E-state index in [2.05, 4.69) is 26.0 Å². The van der Waals surface area contributed by atoms with E-state index in [-0.39, 0.29) is 11.3 Å². The lowest BCUT2D eigenvalue weighted by molar-refractivity contribution is -0.394. The minimum absolute atomic E-state index is 0.257. The number of hydrazine groups is 1. The van der Waals surface area contributed by atoms with Gasteiger partial charge in [-0.3, -0.25) is 10.2 Å². The molecule has 0 bridgehead atoms. The Morgan fingerprint density at radius 1 is 1.45 bits per heavy atom. The fourth-order valence-corrected chi connectivity index (χ4v) is 1.87. The maximum absolute atomic E-state index is 11.3. The summed E-state index contributed by atoms with van der Waals surface area (Å²) in [6.07, 6.45) is 0. The highest BCUT2D eigenvalue weighted by Crippen LogP contribution is 2.14. The number of nitrogens with zero attached hydrogens (tertiary/aromatic N) is 4. The Bertz CT molecular complexity index is 654. The highest BCUT2D eigenvalue weighted by Gasteiger charge is 2.19. The third-order valence-corrected chi connectivity index (χ3v) is 3.04. The minimum Gasteiger partial charge on any atom is -0.390 e. The van der Waals surface area contributed by atoms with Gasteiger partial charge in [0.25, 0.3) is 10.6 Å². The van der Waals surface area contributed by atoms with Crippen molar-refractivity contribution in [2.75, 3.05) is 0 Å². The fraction of sp³-hybridized carbons (Fsp3) is 0.100. The van der Waals surface area contributed by atoms with Crippen LogP contribution in [0.2, 0.25) is 0 Å². The Kier molecular flexibility index (Phi) is 4.05. The molecule has 0 aliphatic rings. The van der Waals surface area contributed by atoms with Crippen LogP contribution in [0.5, 0.6) is 0 Å². The van der Waals surface area contributed by atoms with E-state index in [1.54, 1.807) is 24.3 Å². The van der Waals surface area contributed by atoms with E-state index in [1.807, 2.05) is 5.43 Å². The van der Waals surface area contributed by atoms with Crippen LogP contribution in [0.1, 0.15) is 15.9 Å². The van der Waals surface area contributed by atoms with Gasteiger partial charge in [-0.1, -0.05) is 12.1 Å². The van der Waals surface area contributed by atoms with Gasteiger partial charge < -0.3 is 10.1 Å². The fourth-order valence-electron chi connectivity index (χ4n) is 1.51. The van der Waals surface area contributed by atoms with Crippen LogP contribution < -0.4 is 11.3 Å². The van der Waals surface area contributed by atoms with Gasteiger partial charge in [0.05, 0.1) is 6.54 Å². The quantitative estimate of drug-likeness (QED) is 0.363. The molecule has 1 aromatic heterocycles. The topological polar surface area (TPSA) is 129 Å². The second-order valence-corrected chi connectivity index (χ2v) is 4.48. The molecule has 20 heavy (non-hydrogen) atoms. The van der Waals surface area contributed by atoms with Crippen molar-refractivity contribution in [2.24, 2.45) is 5.84 Å². The molecule has 0 aliphatic heterocycles. The molecule has 0 radical (unpaired) electrons. The highest BCUT2D eigenvalue weighted by molar-refractivity contribution is 9.10.